The lowest BCUT2D eigenvalue weighted by molar-refractivity contribution is -0.385. The van der Waals surface area contributed by atoms with E-state index in [1.54, 1.807) is 0 Å². The number of nitrogens with zero attached hydrogens (tertiary/aromatic N) is 1. The Morgan fingerprint density at radius 1 is 1.14 bits per heavy atom. The third kappa shape index (κ3) is 3.72. The summed E-state index contributed by atoms with van der Waals surface area (Å²) < 4.78 is 43.5. The SMILES string of the molecule is O=[N+]([O-])c1ccc(Br)cc1Oc1cccc(C(F)(F)F)c1. The van der Waals surface area contributed by atoms with Gasteiger partial charge in [-0.15, -0.1) is 0 Å². The van der Waals surface area contributed by atoms with Crippen molar-refractivity contribution < 1.29 is 22.8 Å². The predicted octanol–water partition coefficient (Wildman–Crippen LogP) is 5.17. The first-order chi connectivity index (χ1) is 9.77. The topological polar surface area (TPSA) is 52.4 Å². The Kier molecular flexibility index (Phi) is 4.17. The van der Waals surface area contributed by atoms with Gasteiger partial charge in [0.05, 0.1) is 10.5 Å². The van der Waals surface area contributed by atoms with Gasteiger partial charge in [0.25, 0.3) is 0 Å². The first kappa shape index (κ1) is 15.3. The van der Waals surface area contributed by atoms with Crippen molar-refractivity contribution in [2.24, 2.45) is 0 Å². The van der Waals surface area contributed by atoms with Crippen LogP contribution in [-0.4, -0.2) is 4.92 Å². The highest BCUT2D eigenvalue weighted by molar-refractivity contribution is 9.10. The van der Waals surface area contributed by atoms with E-state index in [-0.39, 0.29) is 17.2 Å². The fourth-order valence-corrected chi connectivity index (χ4v) is 1.92. The highest BCUT2D eigenvalue weighted by Gasteiger charge is 2.30. The summed E-state index contributed by atoms with van der Waals surface area (Å²) in [6, 6.07) is 8.09. The highest BCUT2D eigenvalue weighted by atomic mass is 79.9. The van der Waals surface area contributed by atoms with Gasteiger partial charge in [0, 0.05) is 16.6 Å². The summed E-state index contributed by atoms with van der Waals surface area (Å²) in [6.45, 7) is 0. The molecule has 0 amide bonds. The summed E-state index contributed by atoms with van der Waals surface area (Å²) in [5.74, 6) is -0.278. The molecule has 0 bridgehead atoms. The van der Waals surface area contributed by atoms with Gasteiger partial charge in [-0.05, 0) is 24.3 Å². The van der Waals surface area contributed by atoms with Crippen LogP contribution in [0.1, 0.15) is 5.56 Å². The Bertz CT molecular complexity index is 689. The van der Waals surface area contributed by atoms with E-state index in [1.165, 1.54) is 30.3 Å². The molecule has 0 unspecified atom stereocenters. The van der Waals surface area contributed by atoms with Gasteiger partial charge >= 0.3 is 11.9 Å². The van der Waals surface area contributed by atoms with Gasteiger partial charge in [0.1, 0.15) is 5.75 Å². The van der Waals surface area contributed by atoms with Crippen LogP contribution in [0.2, 0.25) is 0 Å². The zero-order chi connectivity index (χ0) is 15.6. The summed E-state index contributed by atoms with van der Waals surface area (Å²) in [7, 11) is 0. The molecule has 0 aliphatic rings. The molecule has 110 valence electrons. The standard InChI is InChI=1S/C13H7BrF3NO3/c14-9-4-5-11(18(19)20)12(7-9)21-10-3-1-2-8(6-10)13(15,16)17/h1-7H. The Morgan fingerprint density at radius 3 is 2.48 bits per heavy atom. The fourth-order valence-electron chi connectivity index (χ4n) is 1.58. The third-order valence-corrected chi connectivity index (χ3v) is 3.00. The molecule has 0 radical (unpaired) electrons. The van der Waals surface area contributed by atoms with Gasteiger partial charge < -0.3 is 4.74 Å². The number of benzene rings is 2. The predicted molar refractivity (Wildman–Crippen MR) is 72.3 cm³/mol. The average molecular weight is 362 g/mol. The second-order valence-electron chi connectivity index (χ2n) is 4.00. The van der Waals surface area contributed by atoms with Crippen molar-refractivity contribution in [2.75, 3.05) is 0 Å². The summed E-state index contributed by atoms with van der Waals surface area (Å²) in [4.78, 5) is 10.2. The molecule has 0 spiro atoms. The summed E-state index contributed by atoms with van der Waals surface area (Å²) >= 11 is 3.12. The van der Waals surface area contributed by atoms with Crippen molar-refractivity contribution in [3.05, 3.63) is 62.6 Å². The molecule has 2 aromatic rings. The smallest absolute Gasteiger partial charge is 0.416 e. The van der Waals surface area contributed by atoms with Crippen LogP contribution in [0.3, 0.4) is 0 Å². The monoisotopic (exact) mass is 361 g/mol. The largest absolute Gasteiger partial charge is 0.450 e. The van der Waals surface area contributed by atoms with Crippen LogP contribution in [0, 0.1) is 10.1 Å². The van der Waals surface area contributed by atoms with Gasteiger partial charge in [0.15, 0.2) is 0 Å². The molecule has 0 atom stereocenters. The minimum absolute atomic E-state index is 0.133. The number of rotatable bonds is 3. The van der Waals surface area contributed by atoms with E-state index in [0.717, 1.165) is 12.1 Å². The third-order valence-electron chi connectivity index (χ3n) is 2.51. The van der Waals surface area contributed by atoms with E-state index in [4.69, 9.17) is 4.74 Å². The van der Waals surface area contributed by atoms with Crippen LogP contribution in [-0.2, 0) is 6.18 Å². The van der Waals surface area contributed by atoms with E-state index < -0.39 is 16.7 Å². The van der Waals surface area contributed by atoms with Crippen LogP contribution in [0.15, 0.2) is 46.9 Å². The number of halogens is 4. The van der Waals surface area contributed by atoms with Crippen molar-refractivity contribution >= 4 is 21.6 Å². The van der Waals surface area contributed by atoms with Crippen molar-refractivity contribution in [1.82, 2.24) is 0 Å². The highest BCUT2D eigenvalue weighted by Crippen LogP contribution is 2.36. The van der Waals surface area contributed by atoms with Crippen LogP contribution >= 0.6 is 15.9 Å². The molecule has 4 nitrogen and oxygen atoms in total. The molecule has 0 fully saturated rings. The van der Waals surface area contributed by atoms with Gasteiger partial charge in [-0.2, -0.15) is 13.2 Å². The molecule has 2 rings (SSSR count). The van der Waals surface area contributed by atoms with E-state index >= 15 is 0 Å². The van der Waals surface area contributed by atoms with Crippen LogP contribution < -0.4 is 4.74 Å². The van der Waals surface area contributed by atoms with Gasteiger partial charge in [0.2, 0.25) is 5.75 Å². The number of nitro benzene ring substituents is 1. The Morgan fingerprint density at radius 2 is 1.86 bits per heavy atom. The van der Waals surface area contributed by atoms with Crippen LogP contribution in [0.25, 0.3) is 0 Å². The fraction of sp³-hybridized carbons (Fsp3) is 0.0769. The lowest BCUT2D eigenvalue weighted by atomic mass is 10.2. The van der Waals surface area contributed by atoms with Crippen molar-refractivity contribution in [3.63, 3.8) is 0 Å². The van der Waals surface area contributed by atoms with Crippen LogP contribution in [0.4, 0.5) is 18.9 Å². The molecule has 0 aliphatic heterocycles. The number of hydrogen-bond donors (Lipinski definition) is 0. The molecule has 2 aromatic carbocycles. The van der Waals surface area contributed by atoms with E-state index in [1.807, 2.05) is 0 Å². The molecular weight excluding hydrogens is 355 g/mol. The maximum Gasteiger partial charge on any atom is 0.416 e. The van der Waals surface area contributed by atoms with Crippen molar-refractivity contribution in [3.8, 4) is 11.5 Å². The van der Waals surface area contributed by atoms with Gasteiger partial charge in [-0.1, -0.05) is 22.0 Å². The second kappa shape index (κ2) is 5.72. The Hall–Kier alpha value is -2.09. The normalized spacial score (nSPS) is 11.2. The first-order valence-corrected chi connectivity index (χ1v) is 6.36. The zero-order valence-electron chi connectivity index (χ0n) is 10.2. The minimum Gasteiger partial charge on any atom is -0.450 e. The quantitative estimate of drug-likeness (QED) is 0.559. The van der Waals surface area contributed by atoms with E-state index in [0.29, 0.717) is 4.47 Å². The molecule has 0 heterocycles. The molecule has 0 saturated heterocycles. The lowest BCUT2D eigenvalue weighted by Gasteiger charge is -2.10. The molecular formula is C13H7BrF3NO3. The maximum atomic E-state index is 12.6. The molecule has 0 saturated carbocycles. The minimum atomic E-state index is -4.51. The van der Waals surface area contributed by atoms with Gasteiger partial charge in [-0.3, -0.25) is 10.1 Å². The second-order valence-corrected chi connectivity index (χ2v) is 4.91. The molecule has 0 N–H and O–H groups in total. The molecule has 21 heavy (non-hydrogen) atoms. The molecule has 8 heteroatoms. The number of ether oxygens (including phenoxy) is 1. The summed E-state index contributed by atoms with van der Waals surface area (Å²) in [6.07, 6.45) is -4.51. The Balaban J connectivity index is 2.39. The number of alkyl halides is 3. The molecule has 0 aromatic heterocycles. The molecule has 0 aliphatic carbocycles. The van der Waals surface area contributed by atoms with Crippen molar-refractivity contribution in [1.29, 1.82) is 0 Å². The van der Waals surface area contributed by atoms with Crippen molar-refractivity contribution in [2.45, 2.75) is 6.18 Å². The van der Waals surface area contributed by atoms with Gasteiger partial charge in [-0.25, -0.2) is 0 Å². The number of nitro groups is 1. The number of hydrogen-bond acceptors (Lipinski definition) is 3. The Labute approximate surface area is 125 Å². The van der Waals surface area contributed by atoms with E-state index in [2.05, 4.69) is 15.9 Å². The average Bonchev–Trinajstić information content (AvgIpc) is 2.37. The van der Waals surface area contributed by atoms with E-state index in [9.17, 15) is 23.3 Å². The summed E-state index contributed by atoms with van der Waals surface area (Å²) in [5, 5.41) is 10.9. The van der Waals surface area contributed by atoms with Crippen LogP contribution in [0.5, 0.6) is 11.5 Å². The zero-order valence-corrected chi connectivity index (χ0v) is 11.8. The maximum absolute atomic E-state index is 12.6. The lowest BCUT2D eigenvalue weighted by Crippen LogP contribution is -2.04. The summed E-state index contributed by atoms with van der Waals surface area (Å²) in [5.41, 5.74) is -1.23. The first-order valence-electron chi connectivity index (χ1n) is 5.56.